The maximum atomic E-state index is 10.3. The number of fused-ring (bicyclic) bond motifs is 1. The van der Waals surface area contributed by atoms with Crippen LogP contribution in [-0.2, 0) is 12.8 Å². The molecule has 3 heterocycles. The molecule has 0 bridgehead atoms. The van der Waals surface area contributed by atoms with Crippen LogP contribution < -0.4 is 4.90 Å². The Hall–Kier alpha value is -2.01. The van der Waals surface area contributed by atoms with Gasteiger partial charge < -0.3 is 10.0 Å². The Morgan fingerprint density at radius 3 is 2.86 bits per heavy atom. The standard InChI is InChI=1S/C17H20N4O/c1-17(22)8-10-21(11-17)16-12-5-4-7-13(12)19-15(20-16)14-6-2-3-9-18-14/h2-3,6,9,22H,4-5,7-8,10-11H2,1H3. The summed E-state index contributed by atoms with van der Waals surface area (Å²) in [6, 6.07) is 5.80. The minimum Gasteiger partial charge on any atom is -0.388 e. The van der Waals surface area contributed by atoms with Gasteiger partial charge in [0, 0.05) is 30.5 Å². The Kier molecular flexibility index (Phi) is 3.11. The lowest BCUT2D eigenvalue weighted by atomic mass is 10.1. The fraction of sp³-hybridized carbons (Fsp3) is 0.471. The molecule has 1 aliphatic carbocycles. The molecule has 22 heavy (non-hydrogen) atoms. The number of hydrogen-bond acceptors (Lipinski definition) is 5. The Labute approximate surface area is 130 Å². The number of hydrogen-bond donors (Lipinski definition) is 1. The second-order valence-corrected chi connectivity index (χ2v) is 6.53. The highest BCUT2D eigenvalue weighted by Crippen LogP contribution is 2.34. The highest BCUT2D eigenvalue weighted by atomic mass is 16.3. The number of β-amino-alcohol motifs (C(OH)–C–C–N with tert-alkyl or cyclic N) is 1. The maximum Gasteiger partial charge on any atom is 0.180 e. The van der Waals surface area contributed by atoms with Crippen LogP contribution in [0.3, 0.4) is 0 Å². The van der Waals surface area contributed by atoms with Crippen molar-refractivity contribution in [3.05, 3.63) is 35.7 Å². The van der Waals surface area contributed by atoms with Crippen LogP contribution in [0.2, 0.25) is 0 Å². The zero-order valence-electron chi connectivity index (χ0n) is 12.8. The second-order valence-electron chi connectivity index (χ2n) is 6.53. The fourth-order valence-corrected chi connectivity index (χ4v) is 3.41. The SMILES string of the molecule is CC1(O)CCN(c2nc(-c3ccccn3)nc3c2CCC3)C1. The van der Waals surface area contributed by atoms with Crippen LogP contribution in [0.4, 0.5) is 5.82 Å². The molecular formula is C17H20N4O. The van der Waals surface area contributed by atoms with Crippen LogP contribution in [0.5, 0.6) is 0 Å². The highest BCUT2D eigenvalue weighted by molar-refractivity contribution is 5.59. The van der Waals surface area contributed by atoms with E-state index in [1.807, 2.05) is 25.1 Å². The monoisotopic (exact) mass is 296 g/mol. The predicted molar refractivity (Wildman–Crippen MR) is 84.7 cm³/mol. The fourth-order valence-electron chi connectivity index (χ4n) is 3.41. The maximum absolute atomic E-state index is 10.3. The number of rotatable bonds is 2. The molecule has 2 aliphatic rings. The summed E-state index contributed by atoms with van der Waals surface area (Å²) >= 11 is 0. The van der Waals surface area contributed by atoms with Crippen LogP contribution in [0, 0.1) is 0 Å². The predicted octanol–water partition coefficient (Wildman–Crippen LogP) is 1.99. The van der Waals surface area contributed by atoms with Crippen molar-refractivity contribution >= 4 is 5.82 Å². The Balaban J connectivity index is 1.79. The molecule has 1 aliphatic heterocycles. The Bertz CT molecular complexity index is 699. The molecule has 2 aromatic heterocycles. The molecule has 1 atom stereocenters. The van der Waals surface area contributed by atoms with Gasteiger partial charge >= 0.3 is 0 Å². The van der Waals surface area contributed by atoms with Crippen molar-refractivity contribution < 1.29 is 5.11 Å². The van der Waals surface area contributed by atoms with Crippen molar-refractivity contribution in [2.24, 2.45) is 0 Å². The lowest BCUT2D eigenvalue weighted by Crippen LogP contribution is -2.30. The molecule has 1 N–H and O–H groups in total. The molecule has 4 rings (SSSR count). The zero-order chi connectivity index (χ0) is 15.2. The van der Waals surface area contributed by atoms with Gasteiger partial charge in [-0.25, -0.2) is 9.97 Å². The van der Waals surface area contributed by atoms with Gasteiger partial charge in [-0.2, -0.15) is 0 Å². The molecule has 0 amide bonds. The number of anilines is 1. The second kappa shape index (κ2) is 5.02. The minimum absolute atomic E-state index is 0.623. The molecule has 0 saturated carbocycles. The molecular weight excluding hydrogens is 276 g/mol. The van der Waals surface area contributed by atoms with Crippen LogP contribution in [0.25, 0.3) is 11.5 Å². The van der Waals surface area contributed by atoms with Gasteiger partial charge in [0.05, 0.1) is 5.60 Å². The third-order valence-electron chi connectivity index (χ3n) is 4.56. The Morgan fingerprint density at radius 1 is 1.23 bits per heavy atom. The number of aliphatic hydroxyl groups is 1. The molecule has 1 unspecified atom stereocenters. The summed E-state index contributed by atoms with van der Waals surface area (Å²) in [5, 5.41) is 10.3. The van der Waals surface area contributed by atoms with E-state index in [2.05, 4.69) is 9.88 Å². The van der Waals surface area contributed by atoms with Crippen molar-refractivity contribution in [2.45, 2.75) is 38.2 Å². The van der Waals surface area contributed by atoms with E-state index in [4.69, 9.17) is 9.97 Å². The largest absolute Gasteiger partial charge is 0.388 e. The number of pyridine rings is 1. The molecule has 0 aromatic carbocycles. The highest BCUT2D eigenvalue weighted by Gasteiger charge is 2.34. The van der Waals surface area contributed by atoms with Crippen molar-refractivity contribution in [2.75, 3.05) is 18.0 Å². The molecule has 114 valence electrons. The molecule has 2 aromatic rings. The van der Waals surface area contributed by atoms with Gasteiger partial charge in [0.15, 0.2) is 5.82 Å². The normalized spacial score (nSPS) is 23.8. The van der Waals surface area contributed by atoms with E-state index in [1.165, 1.54) is 5.56 Å². The lowest BCUT2D eigenvalue weighted by Gasteiger charge is -2.22. The first-order chi connectivity index (χ1) is 10.6. The van der Waals surface area contributed by atoms with Crippen LogP contribution in [-0.4, -0.2) is 38.7 Å². The van der Waals surface area contributed by atoms with Crippen LogP contribution >= 0.6 is 0 Å². The smallest absolute Gasteiger partial charge is 0.180 e. The molecule has 0 radical (unpaired) electrons. The third-order valence-corrected chi connectivity index (χ3v) is 4.56. The van der Waals surface area contributed by atoms with E-state index in [9.17, 15) is 5.11 Å². The van der Waals surface area contributed by atoms with Crippen molar-refractivity contribution in [1.29, 1.82) is 0 Å². The summed E-state index contributed by atoms with van der Waals surface area (Å²) in [7, 11) is 0. The molecule has 5 nitrogen and oxygen atoms in total. The molecule has 0 spiro atoms. The van der Waals surface area contributed by atoms with Gasteiger partial charge in [-0.05, 0) is 44.7 Å². The van der Waals surface area contributed by atoms with E-state index < -0.39 is 5.60 Å². The Morgan fingerprint density at radius 2 is 2.14 bits per heavy atom. The molecule has 5 heteroatoms. The molecule has 1 fully saturated rings. The summed E-state index contributed by atoms with van der Waals surface area (Å²) in [5.74, 6) is 1.70. The topological polar surface area (TPSA) is 62.1 Å². The van der Waals surface area contributed by atoms with Gasteiger partial charge in [-0.15, -0.1) is 0 Å². The van der Waals surface area contributed by atoms with E-state index in [-0.39, 0.29) is 0 Å². The average Bonchev–Trinajstić information content (AvgIpc) is 3.13. The lowest BCUT2D eigenvalue weighted by molar-refractivity contribution is 0.0839. The summed E-state index contributed by atoms with van der Waals surface area (Å²) in [4.78, 5) is 16.1. The third kappa shape index (κ3) is 2.35. The van der Waals surface area contributed by atoms with E-state index >= 15 is 0 Å². The number of aromatic nitrogens is 3. The van der Waals surface area contributed by atoms with Crippen molar-refractivity contribution in [3.8, 4) is 11.5 Å². The van der Waals surface area contributed by atoms with Crippen molar-refractivity contribution in [3.63, 3.8) is 0 Å². The van der Waals surface area contributed by atoms with Gasteiger partial charge in [0.2, 0.25) is 0 Å². The zero-order valence-corrected chi connectivity index (χ0v) is 12.8. The summed E-state index contributed by atoms with van der Waals surface area (Å²) in [5.41, 5.74) is 2.60. The van der Waals surface area contributed by atoms with E-state index in [0.717, 1.165) is 49.4 Å². The van der Waals surface area contributed by atoms with Crippen LogP contribution in [0.1, 0.15) is 31.0 Å². The van der Waals surface area contributed by atoms with E-state index in [0.29, 0.717) is 12.4 Å². The quantitative estimate of drug-likeness (QED) is 0.918. The number of nitrogens with zero attached hydrogens (tertiary/aromatic N) is 4. The van der Waals surface area contributed by atoms with Crippen LogP contribution in [0.15, 0.2) is 24.4 Å². The number of aryl methyl sites for hydroxylation is 1. The van der Waals surface area contributed by atoms with E-state index in [1.54, 1.807) is 6.20 Å². The minimum atomic E-state index is -0.623. The van der Waals surface area contributed by atoms with Gasteiger partial charge in [-0.1, -0.05) is 6.07 Å². The summed E-state index contributed by atoms with van der Waals surface area (Å²) < 4.78 is 0. The first-order valence-corrected chi connectivity index (χ1v) is 7.91. The average molecular weight is 296 g/mol. The first-order valence-electron chi connectivity index (χ1n) is 7.91. The summed E-state index contributed by atoms with van der Waals surface area (Å²) in [6.07, 6.45) is 5.73. The van der Waals surface area contributed by atoms with Gasteiger partial charge in [-0.3, -0.25) is 4.98 Å². The molecule has 1 saturated heterocycles. The van der Waals surface area contributed by atoms with Gasteiger partial charge in [0.25, 0.3) is 0 Å². The van der Waals surface area contributed by atoms with Gasteiger partial charge in [0.1, 0.15) is 11.5 Å². The summed E-state index contributed by atoms with van der Waals surface area (Å²) in [6.45, 7) is 3.38. The van der Waals surface area contributed by atoms with Crippen molar-refractivity contribution in [1.82, 2.24) is 15.0 Å². The first kappa shape index (κ1) is 13.6.